The van der Waals surface area contributed by atoms with Gasteiger partial charge in [-0.05, 0) is 65.7 Å². The second kappa shape index (κ2) is 7.61. The summed E-state index contributed by atoms with van der Waals surface area (Å²) < 4.78 is 30.4. The second-order valence-corrected chi connectivity index (χ2v) is 7.30. The molecular weight excluding hydrogens is 380 g/mol. The fourth-order valence-electron chi connectivity index (χ4n) is 1.81. The summed E-state index contributed by atoms with van der Waals surface area (Å²) in [6.07, 6.45) is 1.44. The van der Waals surface area contributed by atoms with E-state index in [1.165, 1.54) is 6.21 Å². The van der Waals surface area contributed by atoms with Crippen LogP contribution in [0.3, 0.4) is 0 Å². The Kier molecular flexibility index (Phi) is 5.79. The molecule has 0 heterocycles. The van der Waals surface area contributed by atoms with Crippen molar-refractivity contribution >= 4 is 32.2 Å². The van der Waals surface area contributed by atoms with Crippen LogP contribution in [0, 0.1) is 6.92 Å². The Hall–Kier alpha value is -1.86. The lowest BCUT2D eigenvalue weighted by Gasteiger charge is -2.06. The van der Waals surface area contributed by atoms with E-state index >= 15 is 0 Å². The van der Waals surface area contributed by atoms with Gasteiger partial charge in [-0.3, -0.25) is 0 Å². The van der Waals surface area contributed by atoms with Crippen LogP contribution in [0.2, 0.25) is 0 Å². The molecule has 5 nitrogen and oxygen atoms in total. The van der Waals surface area contributed by atoms with Crippen LogP contribution in [0.1, 0.15) is 18.1 Å². The molecule has 0 unspecified atom stereocenters. The van der Waals surface area contributed by atoms with Gasteiger partial charge in [-0.15, -0.1) is 0 Å². The highest BCUT2D eigenvalue weighted by atomic mass is 79.9. The highest BCUT2D eigenvalue weighted by molar-refractivity contribution is 9.10. The van der Waals surface area contributed by atoms with Gasteiger partial charge in [0.1, 0.15) is 5.75 Å². The molecule has 7 heteroatoms. The number of benzene rings is 2. The summed E-state index contributed by atoms with van der Waals surface area (Å²) in [6.45, 7) is 4.37. The first kappa shape index (κ1) is 17.5. The summed E-state index contributed by atoms with van der Waals surface area (Å²) in [7, 11) is -3.66. The smallest absolute Gasteiger partial charge is 0.276 e. The monoisotopic (exact) mass is 396 g/mol. The number of ether oxygens (including phenoxy) is 1. The van der Waals surface area contributed by atoms with Crippen LogP contribution in [0.4, 0.5) is 0 Å². The molecule has 0 fully saturated rings. The van der Waals surface area contributed by atoms with Crippen molar-refractivity contribution < 1.29 is 13.2 Å². The van der Waals surface area contributed by atoms with E-state index in [0.29, 0.717) is 6.61 Å². The maximum atomic E-state index is 12.1. The van der Waals surface area contributed by atoms with E-state index < -0.39 is 10.0 Å². The maximum Gasteiger partial charge on any atom is 0.276 e. The Morgan fingerprint density at radius 1 is 1.22 bits per heavy atom. The first-order valence-electron chi connectivity index (χ1n) is 6.96. The van der Waals surface area contributed by atoms with Gasteiger partial charge in [0.05, 0.1) is 22.2 Å². The maximum absolute atomic E-state index is 12.1. The fraction of sp³-hybridized carbons (Fsp3) is 0.188. The average Bonchev–Trinajstić information content (AvgIpc) is 2.50. The molecule has 2 rings (SSSR count). The zero-order valence-electron chi connectivity index (χ0n) is 12.8. The Bertz CT molecular complexity index is 803. The number of sulfonamides is 1. The summed E-state index contributed by atoms with van der Waals surface area (Å²) in [6, 6.07) is 11.9. The number of hydrazone groups is 1. The number of halogens is 1. The first-order valence-corrected chi connectivity index (χ1v) is 9.24. The van der Waals surface area contributed by atoms with E-state index in [4.69, 9.17) is 4.74 Å². The predicted octanol–water partition coefficient (Wildman–Crippen LogP) is 3.47. The van der Waals surface area contributed by atoms with Crippen molar-refractivity contribution in [2.24, 2.45) is 5.10 Å². The summed E-state index contributed by atoms with van der Waals surface area (Å²) in [5.74, 6) is 0.727. The molecule has 0 spiro atoms. The zero-order chi connectivity index (χ0) is 16.9. The lowest BCUT2D eigenvalue weighted by molar-refractivity contribution is 0.338. The third-order valence-corrected chi connectivity index (χ3v) is 4.83. The van der Waals surface area contributed by atoms with Gasteiger partial charge in [-0.25, -0.2) is 4.83 Å². The van der Waals surface area contributed by atoms with Crippen LogP contribution < -0.4 is 9.57 Å². The third kappa shape index (κ3) is 4.80. The number of hydrogen-bond acceptors (Lipinski definition) is 4. The quantitative estimate of drug-likeness (QED) is 0.600. The molecule has 1 N–H and O–H groups in total. The molecule has 0 aliphatic carbocycles. The summed E-state index contributed by atoms with van der Waals surface area (Å²) in [5.41, 5.74) is 1.73. The highest BCUT2D eigenvalue weighted by Crippen LogP contribution is 2.25. The molecule has 2 aromatic rings. The number of hydrogen-bond donors (Lipinski definition) is 1. The lowest BCUT2D eigenvalue weighted by Crippen LogP contribution is -2.18. The fourth-order valence-corrected chi connectivity index (χ4v) is 3.11. The zero-order valence-corrected chi connectivity index (χ0v) is 15.2. The van der Waals surface area contributed by atoms with Gasteiger partial charge in [0.25, 0.3) is 10.0 Å². The van der Waals surface area contributed by atoms with Gasteiger partial charge >= 0.3 is 0 Å². The van der Waals surface area contributed by atoms with E-state index in [0.717, 1.165) is 21.3 Å². The lowest BCUT2D eigenvalue weighted by atomic mass is 10.2. The van der Waals surface area contributed by atoms with E-state index in [1.54, 1.807) is 42.5 Å². The SMILES string of the molecule is CCOc1ccc(/C=N\NS(=O)(=O)c2ccc(C)cc2)cc1Br. The first-order chi connectivity index (χ1) is 10.9. The molecule has 122 valence electrons. The number of nitrogens with one attached hydrogen (secondary N) is 1. The van der Waals surface area contributed by atoms with Crippen molar-refractivity contribution in [2.75, 3.05) is 6.61 Å². The summed E-state index contributed by atoms with van der Waals surface area (Å²) >= 11 is 3.40. The van der Waals surface area contributed by atoms with E-state index in [2.05, 4.69) is 25.9 Å². The highest BCUT2D eigenvalue weighted by Gasteiger charge is 2.11. The van der Waals surface area contributed by atoms with Crippen LogP contribution in [-0.4, -0.2) is 21.2 Å². The largest absolute Gasteiger partial charge is 0.493 e. The molecule has 0 saturated heterocycles. The molecule has 0 bridgehead atoms. The third-order valence-electron chi connectivity index (χ3n) is 2.97. The van der Waals surface area contributed by atoms with Gasteiger partial charge in [-0.1, -0.05) is 17.7 Å². The molecule has 23 heavy (non-hydrogen) atoms. The molecule has 0 atom stereocenters. The van der Waals surface area contributed by atoms with E-state index in [9.17, 15) is 8.42 Å². The minimum absolute atomic E-state index is 0.174. The Labute approximate surface area is 144 Å². The van der Waals surface area contributed by atoms with E-state index in [1.807, 2.05) is 13.8 Å². The number of aryl methyl sites for hydroxylation is 1. The van der Waals surface area contributed by atoms with Gasteiger partial charge < -0.3 is 4.74 Å². The van der Waals surface area contributed by atoms with Gasteiger partial charge in [0.2, 0.25) is 0 Å². The molecule has 0 amide bonds. The van der Waals surface area contributed by atoms with Gasteiger partial charge in [0.15, 0.2) is 0 Å². The van der Waals surface area contributed by atoms with E-state index in [-0.39, 0.29) is 4.90 Å². The van der Waals surface area contributed by atoms with Crippen LogP contribution in [-0.2, 0) is 10.0 Å². The summed E-state index contributed by atoms with van der Waals surface area (Å²) in [5, 5.41) is 3.80. The minimum atomic E-state index is -3.66. The Morgan fingerprint density at radius 3 is 2.52 bits per heavy atom. The van der Waals surface area contributed by atoms with Crippen LogP contribution in [0.5, 0.6) is 5.75 Å². The van der Waals surface area contributed by atoms with Crippen molar-refractivity contribution in [1.29, 1.82) is 0 Å². The second-order valence-electron chi connectivity index (χ2n) is 4.79. The Morgan fingerprint density at radius 2 is 1.91 bits per heavy atom. The minimum Gasteiger partial charge on any atom is -0.493 e. The van der Waals surface area contributed by atoms with Gasteiger partial charge in [0, 0.05) is 0 Å². The standard InChI is InChI=1S/C16H17BrN2O3S/c1-3-22-16-9-6-13(10-15(16)17)11-18-19-23(20,21)14-7-4-12(2)5-8-14/h4-11,19H,3H2,1-2H3/b18-11-. The molecule has 0 aliphatic heterocycles. The molecule has 0 aromatic heterocycles. The number of rotatable bonds is 6. The van der Waals surface area contributed by atoms with Crippen LogP contribution >= 0.6 is 15.9 Å². The van der Waals surface area contributed by atoms with Crippen molar-refractivity contribution in [2.45, 2.75) is 18.7 Å². The van der Waals surface area contributed by atoms with Crippen molar-refractivity contribution in [3.05, 3.63) is 58.1 Å². The Balaban J connectivity index is 2.09. The average molecular weight is 397 g/mol. The summed E-state index contributed by atoms with van der Waals surface area (Å²) in [4.78, 5) is 2.37. The molecule has 0 saturated carbocycles. The molecule has 2 aromatic carbocycles. The van der Waals surface area contributed by atoms with Gasteiger partial charge in [-0.2, -0.15) is 13.5 Å². The topological polar surface area (TPSA) is 67.8 Å². The van der Waals surface area contributed by atoms with Crippen LogP contribution in [0.15, 0.2) is 56.9 Å². The molecule has 0 aliphatic rings. The normalized spacial score (nSPS) is 11.6. The molecule has 0 radical (unpaired) electrons. The predicted molar refractivity (Wildman–Crippen MR) is 94.4 cm³/mol. The number of nitrogens with zero attached hydrogens (tertiary/aromatic N) is 1. The molecular formula is C16H17BrN2O3S. The van der Waals surface area contributed by atoms with Crippen molar-refractivity contribution in [1.82, 2.24) is 4.83 Å². The van der Waals surface area contributed by atoms with Crippen molar-refractivity contribution in [3.8, 4) is 5.75 Å². The van der Waals surface area contributed by atoms with Crippen molar-refractivity contribution in [3.63, 3.8) is 0 Å². The van der Waals surface area contributed by atoms with Crippen LogP contribution in [0.25, 0.3) is 0 Å².